The summed E-state index contributed by atoms with van der Waals surface area (Å²) in [6.45, 7) is -0.492. The molecule has 0 radical (unpaired) electrons. The summed E-state index contributed by atoms with van der Waals surface area (Å²) in [5.74, 6) is -0.157. The van der Waals surface area contributed by atoms with Gasteiger partial charge in [-0.2, -0.15) is 0 Å². The Morgan fingerprint density at radius 3 is 2.48 bits per heavy atom. The Morgan fingerprint density at radius 1 is 1.30 bits per heavy atom. The van der Waals surface area contributed by atoms with Crippen molar-refractivity contribution in [3.8, 4) is 11.5 Å². The van der Waals surface area contributed by atoms with Gasteiger partial charge in [0.2, 0.25) is 21.1 Å². The molecule has 0 aliphatic rings. The fourth-order valence-electron chi connectivity index (χ4n) is 2.05. The van der Waals surface area contributed by atoms with Crippen LogP contribution < -0.4 is 19.1 Å². The van der Waals surface area contributed by atoms with Gasteiger partial charge in [-0.05, 0) is 6.26 Å². The molecule has 0 saturated carbocycles. The summed E-state index contributed by atoms with van der Waals surface area (Å²) in [7, 11) is -1.05. The molecule has 27 heavy (non-hydrogen) atoms. The Balaban J connectivity index is 2.35. The summed E-state index contributed by atoms with van der Waals surface area (Å²) in [5.41, 5.74) is 0.124. The number of nitrogens with one attached hydrogen (secondary N) is 1. The van der Waals surface area contributed by atoms with Gasteiger partial charge in [-0.1, -0.05) is 34.7 Å². The van der Waals surface area contributed by atoms with Crippen molar-refractivity contribution in [1.29, 1.82) is 0 Å². The molecule has 0 fully saturated rings. The summed E-state index contributed by atoms with van der Waals surface area (Å²) in [6, 6.07) is 2.81. The summed E-state index contributed by atoms with van der Waals surface area (Å²) < 4.78 is 36.6. The Morgan fingerprint density at radius 2 is 1.96 bits per heavy atom. The van der Waals surface area contributed by atoms with Crippen molar-refractivity contribution < 1.29 is 22.7 Å². The molecule has 1 amide bonds. The number of nitrogens with zero attached hydrogens (tertiary/aromatic N) is 3. The molecule has 2 rings (SSSR count). The van der Waals surface area contributed by atoms with Crippen molar-refractivity contribution in [1.82, 2.24) is 10.2 Å². The van der Waals surface area contributed by atoms with Gasteiger partial charge in [0.25, 0.3) is 0 Å². The first-order valence-corrected chi connectivity index (χ1v) is 11.5. The van der Waals surface area contributed by atoms with E-state index in [4.69, 9.17) is 21.1 Å². The molecule has 1 heterocycles. The number of carbonyl (C=O) groups excluding carboxylic acids is 1. The quantitative estimate of drug-likeness (QED) is 0.480. The van der Waals surface area contributed by atoms with E-state index in [2.05, 4.69) is 15.5 Å². The molecule has 1 aromatic carbocycles. The van der Waals surface area contributed by atoms with E-state index in [-0.39, 0.29) is 27.3 Å². The third kappa shape index (κ3) is 5.37. The predicted octanol–water partition coefficient (Wildman–Crippen LogP) is 2.34. The van der Waals surface area contributed by atoms with Crippen LogP contribution in [0.4, 0.5) is 10.8 Å². The van der Waals surface area contributed by atoms with Crippen molar-refractivity contribution in [2.75, 3.05) is 42.9 Å². The van der Waals surface area contributed by atoms with Crippen molar-refractivity contribution in [2.45, 2.75) is 4.34 Å². The van der Waals surface area contributed by atoms with E-state index in [9.17, 15) is 13.2 Å². The second-order valence-corrected chi connectivity index (χ2v) is 9.40. The lowest BCUT2D eigenvalue weighted by Crippen LogP contribution is -2.37. The molecule has 13 heteroatoms. The number of rotatable bonds is 8. The molecule has 0 bridgehead atoms. The van der Waals surface area contributed by atoms with Crippen LogP contribution in [0.1, 0.15) is 0 Å². The molecule has 0 atom stereocenters. The summed E-state index contributed by atoms with van der Waals surface area (Å²) in [5, 5.41) is 10.8. The average molecular weight is 453 g/mol. The Bertz CT molecular complexity index is 935. The van der Waals surface area contributed by atoms with Crippen LogP contribution in [0.3, 0.4) is 0 Å². The first kappa shape index (κ1) is 21.5. The van der Waals surface area contributed by atoms with Crippen LogP contribution in [0.25, 0.3) is 0 Å². The lowest BCUT2D eigenvalue weighted by molar-refractivity contribution is -0.114. The number of carbonyl (C=O) groups is 1. The third-order valence-corrected chi connectivity index (χ3v) is 6.47. The first-order chi connectivity index (χ1) is 12.7. The number of halogens is 1. The maximum atomic E-state index is 12.4. The number of thioether (sulfide) groups is 1. The van der Waals surface area contributed by atoms with Crippen LogP contribution in [0, 0.1) is 0 Å². The molecule has 0 saturated heterocycles. The minimum absolute atomic E-state index is 0.124. The van der Waals surface area contributed by atoms with Crippen LogP contribution in [0.2, 0.25) is 5.02 Å². The van der Waals surface area contributed by atoms with E-state index >= 15 is 0 Å². The maximum Gasteiger partial charge on any atom is 0.246 e. The lowest BCUT2D eigenvalue weighted by Gasteiger charge is -2.24. The molecule has 0 spiro atoms. The Kier molecular flexibility index (Phi) is 7.14. The van der Waals surface area contributed by atoms with Gasteiger partial charge >= 0.3 is 0 Å². The normalized spacial score (nSPS) is 11.1. The van der Waals surface area contributed by atoms with Crippen molar-refractivity contribution >= 4 is 61.4 Å². The number of sulfonamides is 1. The zero-order valence-electron chi connectivity index (χ0n) is 14.8. The number of hydrogen-bond donors (Lipinski definition) is 1. The molecule has 148 valence electrons. The molecule has 1 aromatic heterocycles. The average Bonchev–Trinajstić information content (AvgIpc) is 3.06. The highest BCUT2D eigenvalue weighted by Gasteiger charge is 2.26. The fraction of sp³-hybridized carbons (Fsp3) is 0.357. The summed E-state index contributed by atoms with van der Waals surface area (Å²) in [6.07, 6.45) is 2.81. The Labute approximate surface area is 170 Å². The number of ether oxygens (including phenoxy) is 2. The van der Waals surface area contributed by atoms with Crippen LogP contribution in [-0.2, 0) is 14.8 Å². The van der Waals surface area contributed by atoms with Crippen molar-refractivity contribution in [3.05, 3.63) is 17.2 Å². The van der Waals surface area contributed by atoms with E-state index < -0.39 is 22.5 Å². The van der Waals surface area contributed by atoms with Crippen LogP contribution in [0.15, 0.2) is 16.5 Å². The second-order valence-electron chi connectivity index (χ2n) is 5.05. The summed E-state index contributed by atoms with van der Waals surface area (Å²) >= 11 is 8.63. The molecule has 0 unspecified atom stereocenters. The third-order valence-electron chi connectivity index (χ3n) is 3.24. The highest BCUT2D eigenvalue weighted by molar-refractivity contribution is 8.00. The number of hydrogen-bond acceptors (Lipinski definition) is 9. The van der Waals surface area contributed by atoms with Gasteiger partial charge in [0.15, 0.2) is 4.34 Å². The minimum atomic E-state index is -3.82. The monoisotopic (exact) mass is 452 g/mol. The smallest absolute Gasteiger partial charge is 0.246 e. The number of aromatic nitrogens is 2. The molecular formula is C14H17ClN4O5S3. The van der Waals surface area contributed by atoms with Gasteiger partial charge in [-0.15, -0.1) is 10.2 Å². The number of methoxy groups -OCH3 is 2. The van der Waals surface area contributed by atoms with E-state index in [1.807, 2.05) is 6.26 Å². The SMILES string of the molecule is COc1cc(N(CC(=O)Nc2nnc(SC)s2)S(C)(=O)=O)c(OC)cc1Cl. The first-order valence-electron chi connectivity index (χ1n) is 7.26. The number of amides is 1. The zero-order valence-corrected chi connectivity index (χ0v) is 18.1. The van der Waals surface area contributed by atoms with Crippen molar-refractivity contribution in [2.24, 2.45) is 0 Å². The van der Waals surface area contributed by atoms with Gasteiger partial charge in [0.1, 0.15) is 18.0 Å². The fourth-order valence-corrected chi connectivity index (χ4v) is 4.32. The lowest BCUT2D eigenvalue weighted by atomic mass is 10.2. The van der Waals surface area contributed by atoms with Gasteiger partial charge in [-0.3, -0.25) is 14.4 Å². The highest BCUT2D eigenvalue weighted by Crippen LogP contribution is 2.39. The summed E-state index contributed by atoms with van der Waals surface area (Å²) in [4.78, 5) is 12.4. The molecule has 0 aliphatic heterocycles. The largest absolute Gasteiger partial charge is 0.495 e. The van der Waals surface area contributed by atoms with Gasteiger partial charge in [0.05, 0.1) is 31.2 Å². The van der Waals surface area contributed by atoms with Crippen LogP contribution in [-0.4, -0.2) is 57.8 Å². The van der Waals surface area contributed by atoms with E-state index in [1.54, 1.807) is 0 Å². The molecule has 1 N–H and O–H groups in total. The van der Waals surface area contributed by atoms with Gasteiger partial charge in [0, 0.05) is 12.1 Å². The van der Waals surface area contributed by atoms with Gasteiger partial charge in [-0.25, -0.2) is 8.42 Å². The minimum Gasteiger partial charge on any atom is -0.495 e. The van der Waals surface area contributed by atoms with E-state index in [1.165, 1.54) is 49.5 Å². The van der Waals surface area contributed by atoms with E-state index in [0.717, 1.165) is 10.6 Å². The second kappa shape index (κ2) is 8.95. The standard InChI is InChI=1S/C14H17ClN4O5S3/c1-23-10-6-9(11(24-2)5-8(10)15)19(27(4,21)22)7-12(20)16-13-17-18-14(25-3)26-13/h5-6H,7H2,1-4H3,(H,16,17,20). The molecule has 9 nitrogen and oxygen atoms in total. The maximum absolute atomic E-state index is 12.4. The van der Waals surface area contributed by atoms with E-state index in [0.29, 0.717) is 4.34 Å². The topological polar surface area (TPSA) is 111 Å². The number of benzene rings is 1. The molecular weight excluding hydrogens is 436 g/mol. The molecule has 2 aromatic rings. The predicted molar refractivity (Wildman–Crippen MR) is 107 cm³/mol. The van der Waals surface area contributed by atoms with Gasteiger partial charge < -0.3 is 9.47 Å². The number of anilines is 2. The zero-order chi connectivity index (χ0) is 20.2. The Hall–Kier alpha value is -1.76. The van der Waals surface area contributed by atoms with Crippen LogP contribution >= 0.6 is 34.7 Å². The van der Waals surface area contributed by atoms with Crippen molar-refractivity contribution in [3.63, 3.8) is 0 Å². The highest BCUT2D eigenvalue weighted by atomic mass is 35.5. The molecule has 0 aliphatic carbocycles. The van der Waals surface area contributed by atoms with Crippen LogP contribution in [0.5, 0.6) is 11.5 Å².